The van der Waals surface area contributed by atoms with Crippen LogP contribution in [-0.4, -0.2) is 44.5 Å². The van der Waals surface area contributed by atoms with Crippen LogP contribution in [0.2, 0.25) is 0 Å². The van der Waals surface area contributed by atoms with Crippen molar-refractivity contribution in [3.63, 3.8) is 0 Å². The third-order valence-electron chi connectivity index (χ3n) is 4.86. The van der Waals surface area contributed by atoms with Crippen molar-refractivity contribution in [2.75, 3.05) is 20.3 Å². The van der Waals surface area contributed by atoms with E-state index >= 15 is 0 Å². The van der Waals surface area contributed by atoms with E-state index in [1.807, 2.05) is 6.08 Å². The molecule has 6 heteroatoms. The summed E-state index contributed by atoms with van der Waals surface area (Å²) in [5, 5.41) is 0. The van der Waals surface area contributed by atoms with Gasteiger partial charge in [-0.15, -0.1) is 0 Å². The second kappa shape index (κ2) is 5.76. The van der Waals surface area contributed by atoms with Crippen LogP contribution in [0.15, 0.2) is 11.8 Å². The first-order chi connectivity index (χ1) is 10.7. The molecule has 3 aliphatic heterocycles. The Labute approximate surface area is 130 Å². The molecule has 6 nitrogen and oxygen atoms in total. The van der Waals surface area contributed by atoms with Gasteiger partial charge in [0.2, 0.25) is 0 Å². The van der Waals surface area contributed by atoms with Crippen molar-refractivity contribution in [2.45, 2.75) is 69.1 Å². The molecule has 0 aromatic heterocycles. The molecule has 4 aliphatic rings. The Kier molecular flexibility index (Phi) is 3.90. The molecule has 0 aromatic carbocycles. The first-order valence-electron chi connectivity index (χ1n) is 8.29. The van der Waals surface area contributed by atoms with E-state index in [-0.39, 0.29) is 12.2 Å². The summed E-state index contributed by atoms with van der Waals surface area (Å²) in [5.74, 6) is -1.12. The second-order valence-corrected chi connectivity index (χ2v) is 6.38. The van der Waals surface area contributed by atoms with Crippen molar-refractivity contribution >= 4 is 0 Å². The van der Waals surface area contributed by atoms with E-state index < -0.39 is 11.9 Å². The van der Waals surface area contributed by atoms with Gasteiger partial charge in [-0.2, -0.15) is 0 Å². The number of methoxy groups -OCH3 is 1. The lowest BCUT2D eigenvalue weighted by molar-refractivity contribution is -0.356. The zero-order valence-electron chi connectivity index (χ0n) is 13.0. The van der Waals surface area contributed by atoms with Crippen LogP contribution < -0.4 is 0 Å². The molecule has 4 rings (SSSR count). The maximum Gasteiger partial charge on any atom is 0.331 e. The highest BCUT2D eigenvalue weighted by Crippen LogP contribution is 2.44. The molecule has 124 valence electrons. The maximum atomic E-state index is 6.05. The molecule has 1 spiro atoms. The van der Waals surface area contributed by atoms with Gasteiger partial charge in [0, 0.05) is 13.5 Å². The molecule has 0 radical (unpaired) electrons. The number of fused-ring (bicyclic) bond motifs is 1. The summed E-state index contributed by atoms with van der Waals surface area (Å²) in [7, 11) is 1.60. The second-order valence-electron chi connectivity index (χ2n) is 6.38. The highest BCUT2D eigenvalue weighted by atomic mass is 16.9. The highest BCUT2D eigenvalue weighted by molar-refractivity contribution is 5.05. The molecular weight excluding hydrogens is 288 g/mol. The minimum atomic E-state index is -0.925. The van der Waals surface area contributed by atoms with Crippen LogP contribution in [0.25, 0.3) is 0 Å². The molecular formula is C16H24O6. The lowest BCUT2D eigenvalue weighted by Crippen LogP contribution is -2.35. The number of rotatable bonds is 4. The van der Waals surface area contributed by atoms with Gasteiger partial charge in [-0.05, 0) is 25.3 Å². The van der Waals surface area contributed by atoms with Gasteiger partial charge < -0.3 is 28.4 Å². The summed E-state index contributed by atoms with van der Waals surface area (Å²) in [6, 6.07) is 0. The van der Waals surface area contributed by atoms with Crippen LogP contribution >= 0.6 is 0 Å². The van der Waals surface area contributed by atoms with Crippen LogP contribution in [-0.2, 0) is 28.4 Å². The summed E-state index contributed by atoms with van der Waals surface area (Å²) in [5.41, 5.74) is 0. The summed E-state index contributed by atoms with van der Waals surface area (Å²) in [4.78, 5) is 0. The maximum absolute atomic E-state index is 6.05. The molecule has 3 fully saturated rings. The molecule has 0 aromatic rings. The Balaban J connectivity index is 1.32. The topological polar surface area (TPSA) is 55.4 Å². The van der Waals surface area contributed by atoms with E-state index in [2.05, 4.69) is 0 Å². The predicted octanol–water partition coefficient (Wildman–Crippen LogP) is 2.43. The first-order valence-corrected chi connectivity index (χ1v) is 8.29. The molecule has 1 aliphatic carbocycles. The Morgan fingerprint density at radius 2 is 1.95 bits per heavy atom. The van der Waals surface area contributed by atoms with Gasteiger partial charge in [0.15, 0.2) is 0 Å². The highest BCUT2D eigenvalue weighted by Gasteiger charge is 2.52. The summed E-state index contributed by atoms with van der Waals surface area (Å²) < 4.78 is 34.8. The minimum Gasteiger partial charge on any atom is -0.441 e. The third kappa shape index (κ3) is 2.67. The molecule has 0 bridgehead atoms. The molecule has 1 saturated carbocycles. The Hall–Kier alpha value is -0.660. The van der Waals surface area contributed by atoms with Crippen molar-refractivity contribution in [1.29, 1.82) is 0 Å². The van der Waals surface area contributed by atoms with Crippen LogP contribution in [0.1, 0.15) is 44.9 Å². The Bertz CT molecular complexity index is 428. The van der Waals surface area contributed by atoms with Gasteiger partial charge in [0.1, 0.15) is 12.4 Å². The first kappa shape index (κ1) is 14.9. The fourth-order valence-electron chi connectivity index (χ4n) is 3.68. The van der Waals surface area contributed by atoms with Gasteiger partial charge >= 0.3 is 5.97 Å². The fraction of sp³-hybridized carbons (Fsp3) is 0.875. The monoisotopic (exact) mass is 312 g/mol. The van der Waals surface area contributed by atoms with E-state index in [1.54, 1.807) is 7.11 Å². The smallest absolute Gasteiger partial charge is 0.331 e. The molecule has 22 heavy (non-hydrogen) atoms. The average Bonchev–Trinajstić information content (AvgIpc) is 3.24. The van der Waals surface area contributed by atoms with Crippen molar-refractivity contribution in [3.05, 3.63) is 11.8 Å². The fourth-order valence-corrected chi connectivity index (χ4v) is 3.68. The van der Waals surface area contributed by atoms with E-state index in [0.29, 0.717) is 19.6 Å². The normalized spacial score (nSPS) is 44.1. The number of ether oxygens (including phenoxy) is 6. The lowest BCUT2D eigenvalue weighted by Gasteiger charge is -2.27. The summed E-state index contributed by atoms with van der Waals surface area (Å²) >= 11 is 0. The van der Waals surface area contributed by atoms with Gasteiger partial charge in [0.05, 0.1) is 25.2 Å². The largest absolute Gasteiger partial charge is 0.441 e. The zero-order valence-corrected chi connectivity index (χ0v) is 13.0. The Morgan fingerprint density at radius 3 is 2.59 bits per heavy atom. The van der Waals surface area contributed by atoms with E-state index in [0.717, 1.165) is 31.4 Å². The molecule has 3 heterocycles. The van der Waals surface area contributed by atoms with Crippen molar-refractivity contribution in [1.82, 2.24) is 0 Å². The van der Waals surface area contributed by atoms with Crippen molar-refractivity contribution < 1.29 is 28.4 Å². The van der Waals surface area contributed by atoms with Gasteiger partial charge in [-0.25, -0.2) is 0 Å². The van der Waals surface area contributed by atoms with E-state index in [9.17, 15) is 0 Å². The van der Waals surface area contributed by atoms with Gasteiger partial charge in [0.25, 0.3) is 5.97 Å². The predicted molar refractivity (Wildman–Crippen MR) is 75.6 cm³/mol. The SMILES string of the molecule is COC1(OCC2=CCC3(O2)OC2CCCCC2O3)CCCO1. The standard InChI is InChI=1S/C16H24O6/c1-17-15(8-4-10-18-15)19-11-12-7-9-16(20-12)21-13-5-2-3-6-14(13)22-16/h7,13-14H,2-6,8-11H2,1H3. The molecule has 0 amide bonds. The summed E-state index contributed by atoms with van der Waals surface area (Å²) in [6.45, 7) is 0.963. The minimum absolute atomic E-state index is 0.172. The van der Waals surface area contributed by atoms with E-state index in [4.69, 9.17) is 28.4 Å². The van der Waals surface area contributed by atoms with Gasteiger partial charge in [-0.3, -0.25) is 0 Å². The van der Waals surface area contributed by atoms with Crippen molar-refractivity contribution in [2.24, 2.45) is 0 Å². The Morgan fingerprint density at radius 1 is 1.18 bits per heavy atom. The van der Waals surface area contributed by atoms with Crippen LogP contribution in [0.5, 0.6) is 0 Å². The third-order valence-corrected chi connectivity index (χ3v) is 4.86. The molecule has 3 unspecified atom stereocenters. The van der Waals surface area contributed by atoms with Gasteiger partial charge in [-0.1, -0.05) is 12.8 Å². The number of hydrogen-bond donors (Lipinski definition) is 0. The molecule has 0 N–H and O–H groups in total. The van der Waals surface area contributed by atoms with Crippen molar-refractivity contribution in [3.8, 4) is 0 Å². The van der Waals surface area contributed by atoms with E-state index in [1.165, 1.54) is 12.8 Å². The lowest BCUT2D eigenvalue weighted by atomic mass is 9.95. The molecule has 3 atom stereocenters. The zero-order chi connectivity index (χ0) is 15.0. The van der Waals surface area contributed by atoms with Crippen LogP contribution in [0.3, 0.4) is 0 Å². The average molecular weight is 312 g/mol. The van der Waals surface area contributed by atoms with Crippen LogP contribution in [0, 0.1) is 0 Å². The quantitative estimate of drug-likeness (QED) is 0.743. The number of hydrogen-bond acceptors (Lipinski definition) is 6. The van der Waals surface area contributed by atoms with Crippen LogP contribution in [0.4, 0.5) is 0 Å². The molecule has 2 saturated heterocycles. The summed E-state index contributed by atoms with van der Waals surface area (Å²) in [6.07, 6.45) is 9.14.